The van der Waals surface area contributed by atoms with E-state index in [2.05, 4.69) is 0 Å². The lowest BCUT2D eigenvalue weighted by Gasteiger charge is -2.31. The van der Waals surface area contributed by atoms with Crippen LogP contribution in [0.3, 0.4) is 0 Å². The Morgan fingerprint density at radius 3 is 2.40 bits per heavy atom. The molecule has 3 aromatic rings. The van der Waals surface area contributed by atoms with Crippen LogP contribution in [0.5, 0.6) is 5.75 Å². The highest BCUT2D eigenvalue weighted by Crippen LogP contribution is 2.28. The van der Waals surface area contributed by atoms with Gasteiger partial charge in [-0.15, -0.1) is 0 Å². The summed E-state index contributed by atoms with van der Waals surface area (Å²) in [6.45, 7) is 12.3. The van der Waals surface area contributed by atoms with Crippen molar-refractivity contribution in [1.82, 2.24) is 14.5 Å². The number of carbonyl (C=O) groups is 1. The number of aromatic nitrogens is 2. The van der Waals surface area contributed by atoms with Gasteiger partial charge in [-0.1, -0.05) is 23.7 Å². The summed E-state index contributed by atoms with van der Waals surface area (Å²) < 4.78 is 8.15. The van der Waals surface area contributed by atoms with Crippen LogP contribution in [-0.4, -0.2) is 32.4 Å². The number of amides is 1. The summed E-state index contributed by atoms with van der Waals surface area (Å²) in [5.74, 6) is 1.52. The van der Waals surface area contributed by atoms with Crippen molar-refractivity contribution in [2.45, 2.75) is 66.3 Å². The van der Waals surface area contributed by atoms with E-state index < -0.39 is 0 Å². The fraction of sp³-hybridized carbons (Fsp3) is 0.417. The van der Waals surface area contributed by atoms with Crippen molar-refractivity contribution in [3.8, 4) is 5.75 Å². The highest BCUT2D eigenvalue weighted by molar-refractivity contribution is 6.31. The zero-order valence-electron chi connectivity index (χ0n) is 18.5. The average Bonchev–Trinajstić information content (AvgIpc) is 3.03. The van der Waals surface area contributed by atoms with Crippen molar-refractivity contribution < 1.29 is 9.53 Å². The van der Waals surface area contributed by atoms with Gasteiger partial charge >= 0.3 is 0 Å². The minimum Gasteiger partial charge on any atom is -0.483 e. The number of hydrogen-bond acceptors (Lipinski definition) is 3. The van der Waals surface area contributed by atoms with Gasteiger partial charge in [-0.05, 0) is 77.4 Å². The summed E-state index contributed by atoms with van der Waals surface area (Å²) in [6, 6.07) is 13.7. The van der Waals surface area contributed by atoms with E-state index >= 15 is 0 Å². The zero-order chi connectivity index (χ0) is 22.0. The van der Waals surface area contributed by atoms with Gasteiger partial charge in [0.05, 0.1) is 11.0 Å². The summed E-state index contributed by atoms with van der Waals surface area (Å²) in [6.07, 6.45) is -0.336. The van der Waals surface area contributed by atoms with Gasteiger partial charge < -0.3 is 14.2 Å². The van der Waals surface area contributed by atoms with E-state index in [4.69, 9.17) is 21.3 Å². The van der Waals surface area contributed by atoms with Crippen LogP contribution in [0.25, 0.3) is 11.0 Å². The van der Waals surface area contributed by atoms with E-state index in [0.29, 0.717) is 5.02 Å². The maximum absolute atomic E-state index is 13.2. The van der Waals surface area contributed by atoms with E-state index in [1.165, 1.54) is 0 Å². The first-order valence-electron chi connectivity index (χ1n) is 10.4. The second-order valence-corrected chi connectivity index (χ2v) is 8.61. The number of aryl methyl sites for hydroxylation is 1. The predicted octanol–water partition coefficient (Wildman–Crippen LogP) is 5.78. The Bertz CT molecular complexity index is 1030. The molecule has 0 N–H and O–H groups in total. The molecule has 5 nitrogen and oxygen atoms in total. The van der Waals surface area contributed by atoms with Gasteiger partial charge in [-0.25, -0.2) is 4.98 Å². The topological polar surface area (TPSA) is 47.4 Å². The van der Waals surface area contributed by atoms with E-state index in [1.54, 1.807) is 0 Å². The number of carbonyl (C=O) groups excluding carboxylic acids is 1. The minimum absolute atomic E-state index is 0.0685. The lowest BCUT2D eigenvalue weighted by Crippen LogP contribution is -2.44. The van der Waals surface area contributed by atoms with E-state index in [-0.39, 0.29) is 30.6 Å². The second-order valence-electron chi connectivity index (χ2n) is 8.20. The molecule has 0 aliphatic rings. The quantitative estimate of drug-likeness (QED) is 0.479. The maximum Gasteiger partial charge on any atom is 0.243 e. The molecule has 0 aliphatic carbocycles. The fourth-order valence-corrected chi connectivity index (χ4v) is 4.02. The molecule has 0 aliphatic heterocycles. The van der Waals surface area contributed by atoms with Crippen LogP contribution in [0, 0.1) is 6.92 Å². The molecule has 30 heavy (non-hydrogen) atoms. The first kappa shape index (κ1) is 22.2. The number of halogens is 1. The molecule has 0 spiro atoms. The number of para-hydroxylation sites is 2. The summed E-state index contributed by atoms with van der Waals surface area (Å²) in [5.41, 5.74) is 2.73. The molecule has 0 saturated carbocycles. The number of ether oxygens (including phenoxy) is 1. The van der Waals surface area contributed by atoms with Crippen LogP contribution in [0.15, 0.2) is 42.5 Å². The molecule has 0 bridgehead atoms. The Morgan fingerprint density at radius 1 is 1.10 bits per heavy atom. The SMILES string of the molecule is Cc1cc(OC(C)c2nc3ccccc3n2CC(=O)N(C(C)C)C(C)C)ccc1Cl. The van der Waals surface area contributed by atoms with E-state index in [1.807, 2.05) is 93.5 Å². The van der Waals surface area contributed by atoms with Gasteiger partial charge in [-0.2, -0.15) is 0 Å². The third-order valence-electron chi connectivity index (χ3n) is 5.18. The number of benzene rings is 2. The van der Waals surface area contributed by atoms with Gasteiger partial charge in [0.25, 0.3) is 0 Å². The van der Waals surface area contributed by atoms with Crippen molar-refractivity contribution in [3.05, 3.63) is 58.9 Å². The van der Waals surface area contributed by atoms with Gasteiger partial charge in [-0.3, -0.25) is 4.79 Å². The average molecular weight is 428 g/mol. The van der Waals surface area contributed by atoms with Gasteiger partial charge in [0.1, 0.15) is 12.3 Å². The second kappa shape index (κ2) is 9.09. The molecule has 0 saturated heterocycles. The number of rotatable bonds is 7. The Hall–Kier alpha value is -2.53. The predicted molar refractivity (Wildman–Crippen MR) is 122 cm³/mol. The van der Waals surface area contributed by atoms with Crippen LogP contribution in [0.1, 0.15) is 52.1 Å². The Labute approximate surface area is 183 Å². The van der Waals surface area contributed by atoms with Gasteiger partial charge in [0.15, 0.2) is 11.9 Å². The molecule has 0 radical (unpaired) electrons. The smallest absolute Gasteiger partial charge is 0.243 e. The van der Waals surface area contributed by atoms with Crippen LogP contribution < -0.4 is 4.74 Å². The first-order valence-corrected chi connectivity index (χ1v) is 10.8. The summed E-state index contributed by atoms with van der Waals surface area (Å²) in [5, 5.41) is 0.704. The molecule has 0 fully saturated rings. The fourth-order valence-electron chi connectivity index (χ4n) is 3.91. The molecule has 2 aromatic carbocycles. The van der Waals surface area contributed by atoms with E-state index in [0.717, 1.165) is 28.2 Å². The lowest BCUT2D eigenvalue weighted by atomic mass is 10.2. The third kappa shape index (κ3) is 4.62. The molecule has 3 rings (SSSR count). The van der Waals surface area contributed by atoms with Gasteiger partial charge in [0.2, 0.25) is 5.91 Å². The molecule has 1 heterocycles. The third-order valence-corrected chi connectivity index (χ3v) is 5.61. The van der Waals surface area contributed by atoms with Crippen molar-refractivity contribution >= 4 is 28.5 Å². The molecule has 1 aromatic heterocycles. The van der Waals surface area contributed by atoms with E-state index in [9.17, 15) is 4.79 Å². The Balaban J connectivity index is 1.96. The molecule has 6 heteroatoms. The van der Waals surface area contributed by atoms with Crippen molar-refractivity contribution in [2.24, 2.45) is 0 Å². The van der Waals surface area contributed by atoms with Crippen molar-refractivity contribution in [3.63, 3.8) is 0 Å². The van der Waals surface area contributed by atoms with Crippen molar-refractivity contribution in [2.75, 3.05) is 0 Å². The molecule has 160 valence electrons. The molecule has 1 amide bonds. The highest BCUT2D eigenvalue weighted by Gasteiger charge is 2.24. The number of fused-ring (bicyclic) bond motifs is 1. The maximum atomic E-state index is 13.2. The first-order chi connectivity index (χ1) is 14.2. The molecule has 1 atom stereocenters. The summed E-state index contributed by atoms with van der Waals surface area (Å²) >= 11 is 6.14. The number of hydrogen-bond donors (Lipinski definition) is 0. The standard InChI is InChI=1S/C24H30ClN3O2/c1-15(2)28(16(3)4)23(29)14-27-22-10-8-7-9-21(22)26-24(27)18(6)30-19-11-12-20(25)17(5)13-19/h7-13,15-16,18H,14H2,1-6H3. The Kier molecular flexibility index (Phi) is 6.71. The number of imidazole rings is 1. The molecular weight excluding hydrogens is 398 g/mol. The Morgan fingerprint density at radius 2 is 1.77 bits per heavy atom. The van der Waals surface area contributed by atoms with Crippen LogP contribution in [0.4, 0.5) is 0 Å². The lowest BCUT2D eigenvalue weighted by molar-refractivity contribution is -0.135. The highest BCUT2D eigenvalue weighted by atomic mass is 35.5. The summed E-state index contributed by atoms with van der Waals surface area (Å²) in [4.78, 5) is 19.9. The normalized spacial score (nSPS) is 12.6. The van der Waals surface area contributed by atoms with Gasteiger partial charge in [0, 0.05) is 17.1 Å². The van der Waals surface area contributed by atoms with Crippen LogP contribution >= 0.6 is 11.6 Å². The summed E-state index contributed by atoms with van der Waals surface area (Å²) in [7, 11) is 0. The van der Waals surface area contributed by atoms with Crippen LogP contribution in [0.2, 0.25) is 5.02 Å². The largest absolute Gasteiger partial charge is 0.483 e. The van der Waals surface area contributed by atoms with Crippen LogP contribution in [-0.2, 0) is 11.3 Å². The molecular formula is C24H30ClN3O2. The molecule has 1 unspecified atom stereocenters. The minimum atomic E-state index is -0.336. The monoisotopic (exact) mass is 427 g/mol. The zero-order valence-corrected chi connectivity index (χ0v) is 19.3. The van der Waals surface area contributed by atoms with Crippen molar-refractivity contribution in [1.29, 1.82) is 0 Å². The number of nitrogens with zero attached hydrogens (tertiary/aromatic N) is 3.